The predicted molar refractivity (Wildman–Crippen MR) is 299 cm³/mol. The number of furan rings is 2. The van der Waals surface area contributed by atoms with Gasteiger partial charge in [0.05, 0.1) is 11.1 Å². The van der Waals surface area contributed by atoms with Crippen molar-refractivity contribution in [1.82, 2.24) is 0 Å². The van der Waals surface area contributed by atoms with Gasteiger partial charge in [0.25, 0.3) is 0 Å². The number of nitrogens with zero attached hydrogens (tertiary/aromatic N) is 1. The summed E-state index contributed by atoms with van der Waals surface area (Å²) >= 11 is 0. The topological polar surface area (TPSA) is 29.5 Å². The van der Waals surface area contributed by atoms with Crippen LogP contribution in [-0.2, 0) is 5.41 Å². The maximum atomic E-state index is 6.79. The Morgan fingerprint density at radius 2 is 0.806 bits per heavy atom. The van der Waals surface area contributed by atoms with Gasteiger partial charge in [-0.25, -0.2) is 0 Å². The minimum absolute atomic E-state index is 0.568. The molecule has 1 aliphatic carbocycles. The Bertz CT molecular complexity index is 4410. The van der Waals surface area contributed by atoms with Gasteiger partial charge in [-0.15, -0.1) is 0 Å². The molecule has 2 heterocycles. The molecule has 0 spiro atoms. The number of para-hydroxylation sites is 1. The molecule has 0 radical (unpaired) electrons. The number of hydrogen-bond donors (Lipinski definition) is 0. The fraction of sp³-hybridized carbons (Fsp3) is 0.0145. The Morgan fingerprint density at radius 3 is 1.46 bits per heavy atom. The van der Waals surface area contributed by atoms with Gasteiger partial charge in [-0.2, -0.15) is 0 Å². The second-order valence-corrected chi connectivity index (χ2v) is 19.0. The molecule has 336 valence electrons. The van der Waals surface area contributed by atoms with Gasteiger partial charge >= 0.3 is 0 Å². The van der Waals surface area contributed by atoms with Crippen molar-refractivity contribution in [3.63, 3.8) is 0 Å². The monoisotopic (exact) mass is 917 g/mol. The average molecular weight is 918 g/mol. The second-order valence-electron chi connectivity index (χ2n) is 19.0. The number of benzene rings is 12. The summed E-state index contributed by atoms with van der Waals surface area (Å²) < 4.78 is 13.5. The highest BCUT2D eigenvalue weighted by molar-refractivity contribution is 6.21. The van der Waals surface area contributed by atoms with E-state index in [9.17, 15) is 0 Å². The zero-order valence-corrected chi connectivity index (χ0v) is 39.1. The number of fused-ring (bicyclic) bond motifs is 13. The standard InChI is InChI=1S/C69H43NO2/c1-3-19-47(20-4-1)69(48-21-5-2-6-22-48)60-29-13-11-25-54(60)55-42-39-50(43-61(55)69)70(49-37-33-46(34-38-49)51-27-15-31-63-65(51)58-40-35-44-17-7-9-23-52(44)67(58)71-63)62-30-14-12-26-56(62)57-28-16-32-64-66(57)59-41-36-45-18-8-10-24-53(45)68(59)72-64/h1-43H. The van der Waals surface area contributed by atoms with Crippen LogP contribution in [0, 0.1) is 0 Å². The SMILES string of the molecule is c1ccc(C2(c3ccccc3)c3ccccc3-c3ccc(N(c4ccc(-c5cccc6oc7c8ccccc8ccc7c56)cc4)c4ccccc4-c4cccc5oc6c7ccccc7ccc6c45)cc32)cc1. The summed E-state index contributed by atoms with van der Waals surface area (Å²) in [6.45, 7) is 0. The summed E-state index contributed by atoms with van der Waals surface area (Å²) in [5.41, 5.74) is 18.1. The van der Waals surface area contributed by atoms with Gasteiger partial charge in [-0.1, -0.05) is 206 Å². The lowest BCUT2D eigenvalue weighted by molar-refractivity contribution is 0.672. The lowest BCUT2D eigenvalue weighted by Crippen LogP contribution is -2.28. The largest absolute Gasteiger partial charge is 0.455 e. The van der Waals surface area contributed by atoms with Crippen molar-refractivity contribution >= 4 is 82.5 Å². The molecule has 0 saturated heterocycles. The molecule has 3 heteroatoms. The summed E-state index contributed by atoms with van der Waals surface area (Å²) in [7, 11) is 0. The Morgan fingerprint density at radius 1 is 0.306 bits per heavy atom. The van der Waals surface area contributed by atoms with E-state index in [4.69, 9.17) is 8.83 Å². The molecule has 12 aromatic carbocycles. The smallest absolute Gasteiger partial charge is 0.143 e. The van der Waals surface area contributed by atoms with Crippen LogP contribution in [0.4, 0.5) is 17.1 Å². The minimum Gasteiger partial charge on any atom is -0.455 e. The van der Waals surface area contributed by atoms with Crippen LogP contribution in [0.25, 0.3) is 98.8 Å². The van der Waals surface area contributed by atoms with Gasteiger partial charge in [-0.3, -0.25) is 0 Å². The Balaban J connectivity index is 0.970. The molecule has 0 fully saturated rings. The van der Waals surface area contributed by atoms with E-state index in [-0.39, 0.29) is 0 Å². The maximum Gasteiger partial charge on any atom is 0.143 e. The first-order valence-electron chi connectivity index (χ1n) is 24.7. The van der Waals surface area contributed by atoms with E-state index in [1.54, 1.807) is 0 Å². The number of rotatable bonds is 7. The molecule has 2 aromatic heterocycles. The van der Waals surface area contributed by atoms with Crippen molar-refractivity contribution in [3.8, 4) is 33.4 Å². The van der Waals surface area contributed by atoms with Gasteiger partial charge in [0.1, 0.15) is 22.3 Å². The van der Waals surface area contributed by atoms with Crippen LogP contribution in [0.3, 0.4) is 0 Å². The van der Waals surface area contributed by atoms with Crippen molar-refractivity contribution < 1.29 is 8.83 Å². The molecular weight excluding hydrogens is 875 g/mol. The third-order valence-electron chi connectivity index (χ3n) is 15.3. The highest BCUT2D eigenvalue weighted by atomic mass is 16.3. The summed E-state index contributed by atoms with van der Waals surface area (Å²) in [5, 5.41) is 9.00. The number of hydrogen-bond acceptors (Lipinski definition) is 3. The van der Waals surface area contributed by atoms with Crippen molar-refractivity contribution in [3.05, 3.63) is 283 Å². The van der Waals surface area contributed by atoms with Crippen LogP contribution in [0.5, 0.6) is 0 Å². The molecule has 0 amide bonds. The summed E-state index contributed by atoms with van der Waals surface area (Å²) in [6, 6.07) is 94.9. The molecule has 3 nitrogen and oxygen atoms in total. The maximum absolute atomic E-state index is 6.79. The molecule has 0 unspecified atom stereocenters. The van der Waals surface area contributed by atoms with Crippen LogP contribution in [0.15, 0.2) is 270 Å². The third kappa shape index (κ3) is 5.85. The molecule has 0 aliphatic heterocycles. The highest BCUT2D eigenvalue weighted by Crippen LogP contribution is 2.58. The van der Waals surface area contributed by atoms with Crippen LogP contribution in [0.2, 0.25) is 0 Å². The van der Waals surface area contributed by atoms with Crippen LogP contribution < -0.4 is 4.90 Å². The number of anilines is 3. The first-order valence-corrected chi connectivity index (χ1v) is 24.7. The van der Waals surface area contributed by atoms with E-state index in [0.717, 1.165) is 99.4 Å². The fourth-order valence-corrected chi connectivity index (χ4v) is 12.3. The fourth-order valence-electron chi connectivity index (χ4n) is 12.3. The van der Waals surface area contributed by atoms with E-state index in [2.05, 4.69) is 266 Å². The first kappa shape index (κ1) is 40.4. The quantitative estimate of drug-likeness (QED) is 0.160. The summed E-state index contributed by atoms with van der Waals surface area (Å²) in [6.07, 6.45) is 0. The molecule has 15 rings (SSSR count). The van der Waals surface area contributed by atoms with Crippen LogP contribution in [0.1, 0.15) is 22.3 Å². The molecular formula is C69H43NO2. The molecule has 14 aromatic rings. The minimum atomic E-state index is -0.568. The summed E-state index contributed by atoms with van der Waals surface area (Å²) in [4.78, 5) is 2.46. The zero-order valence-electron chi connectivity index (χ0n) is 39.1. The van der Waals surface area contributed by atoms with Crippen molar-refractivity contribution in [2.24, 2.45) is 0 Å². The molecule has 0 N–H and O–H groups in total. The van der Waals surface area contributed by atoms with Crippen LogP contribution >= 0.6 is 0 Å². The van der Waals surface area contributed by atoms with Crippen molar-refractivity contribution in [1.29, 1.82) is 0 Å². The molecule has 0 saturated carbocycles. The van der Waals surface area contributed by atoms with Gasteiger partial charge in [0.2, 0.25) is 0 Å². The molecule has 0 bridgehead atoms. The van der Waals surface area contributed by atoms with Crippen molar-refractivity contribution in [2.45, 2.75) is 5.41 Å². The van der Waals surface area contributed by atoms with E-state index in [0.29, 0.717) is 0 Å². The highest BCUT2D eigenvalue weighted by Gasteiger charge is 2.46. The zero-order chi connectivity index (χ0) is 47.3. The van der Waals surface area contributed by atoms with Gasteiger partial charge in [0.15, 0.2) is 0 Å². The molecule has 72 heavy (non-hydrogen) atoms. The van der Waals surface area contributed by atoms with Gasteiger partial charge < -0.3 is 13.7 Å². The van der Waals surface area contributed by atoms with E-state index >= 15 is 0 Å². The van der Waals surface area contributed by atoms with Gasteiger partial charge in [0, 0.05) is 49.3 Å². The van der Waals surface area contributed by atoms with E-state index < -0.39 is 5.41 Å². The second kappa shape index (κ2) is 15.8. The average Bonchev–Trinajstić information content (AvgIpc) is 4.13. The Labute approximate surface area is 416 Å². The lowest BCUT2D eigenvalue weighted by atomic mass is 9.67. The Kier molecular flexibility index (Phi) is 8.87. The van der Waals surface area contributed by atoms with Gasteiger partial charge in [-0.05, 0) is 115 Å². The Hall–Kier alpha value is -9.44. The molecule has 1 aliphatic rings. The third-order valence-corrected chi connectivity index (χ3v) is 15.3. The normalized spacial score (nSPS) is 12.8. The summed E-state index contributed by atoms with van der Waals surface area (Å²) in [5.74, 6) is 0. The lowest BCUT2D eigenvalue weighted by Gasteiger charge is -2.35. The first-order chi connectivity index (χ1) is 35.7. The van der Waals surface area contributed by atoms with E-state index in [1.807, 2.05) is 0 Å². The predicted octanol–water partition coefficient (Wildman–Crippen LogP) is 19.0. The van der Waals surface area contributed by atoms with E-state index in [1.165, 1.54) is 38.8 Å². The molecule has 0 atom stereocenters. The van der Waals surface area contributed by atoms with Crippen molar-refractivity contribution in [2.75, 3.05) is 4.90 Å². The van der Waals surface area contributed by atoms with Crippen LogP contribution in [-0.4, -0.2) is 0 Å².